The van der Waals surface area contributed by atoms with E-state index in [1.54, 1.807) is 16.4 Å². The number of hydrogen-bond donors (Lipinski definition) is 0. The summed E-state index contributed by atoms with van der Waals surface area (Å²) in [4.78, 5) is 0. The molecule has 0 fully saturated rings. The average molecular weight is 202 g/mol. The molecule has 0 aliphatic carbocycles. The molecule has 0 spiro atoms. The molecule has 0 atom stereocenters. The van der Waals surface area contributed by atoms with Crippen LogP contribution in [0.25, 0.3) is 0 Å². The van der Waals surface area contributed by atoms with E-state index in [-0.39, 0.29) is 0 Å². The van der Waals surface area contributed by atoms with Gasteiger partial charge in [-0.2, -0.15) is 0 Å². The fourth-order valence-electron chi connectivity index (χ4n) is 0.760. The Labute approximate surface area is 81.8 Å². The molecule has 1 aromatic heterocycles. The average Bonchev–Trinajstić information content (AvgIpc) is 2.45. The van der Waals surface area contributed by atoms with Crippen LogP contribution in [0.15, 0.2) is 5.16 Å². The van der Waals surface area contributed by atoms with Gasteiger partial charge in [0.1, 0.15) is 0 Å². The summed E-state index contributed by atoms with van der Waals surface area (Å²) in [7, 11) is 1.83. The maximum atomic E-state index is 5.38. The Balaban J connectivity index is 2.17. The van der Waals surface area contributed by atoms with E-state index in [0.29, 0.717) is 6.10 Å². The molecule has 0 aliphatic heterocycles. The molecular weight excluding hydrogens is 188 g/mol. The van der Waals surface area contributed by atoms with Gasteiger partial charge in [0.25, 0.3) is 0 Å². The summed E-state index contributed by atoms with van der Waals surface area (Å²) in [6.07, 6.45) is 0.290. The van der Waals surface area contributed by atoms with Gasteiger partial charge in [-0.1, -0.05) is 11.8 Å². The van der Waals surface area contributed by atoms with Crippen LogP contribution in [-0.4, -0.2) is 38.7 Å². The zero-order valence-corrected chi connectivity index (χ0v) is 8.91. The van der Waals surface area contributed by atoms with Crippen molar-refractivity contribution in [2.24, 2.45) is 7.05 Å². The summed E-state index contributed by atoms with van der Waals surface area (Å²) in [5.74, 6) is 0.881. The Morgan fingerprint density at radius 3 is 2.85 bits per heavy atom. The van der Waals surface area contributed by atoms with Crippen molar-refractivity contribution < 1.29 is 4.74 Å². The number of aromatic nitrogens is 4. The lowest BCUT2D eigenvalue weighted by Crippen LogP contribution is -2.06. The van der Waals surface area contributed by atoms with Crippen molar-refractivity contribution in [2.75, 3.05) is 12.4 Å². The Morgan fingerprint density at radius 2 is 2.31 bits per heavy atom. The van der Waals surface area contributed by atoms with E-state index in [1.165, 1.54) is 0 Å². The smallest absolute Gasteiger partial charge is 0.209 e. The second-order valence-corrected chi connectivity index (χ2v) is 3.92. The molecule has 0 N–H and O–H groups in total. The van der Waals surface area contributed by atoms with Crippen molar-refractivity contribution in [1.29, 1.82) is 0 Å². The van der Waals surface area contributed by atoms with Crippen LogP contribution >= 0.6 is 11.8 Å². The predicted molar refractivity (Wildman–Crippen MR) is 50.6 cm³/mol. The van der Waals surface area contributed by atoms with Crippen molar-refractivity contribution in [3.8, 4) is 0 Å². The van der Waals surface area contributed by atoms with Crippen LogP contribution in [0.1, 0.15) is 13.8 Å². The maximum Gasteiger partial charge on any atom is 0.209 e. The van der Waals surface area contributed by atoms with Gasteiger partial charge in [0.2, 0.25) is 5.16 Å². The monoisotopic (exact) mass is 202 g/mol. The molecule has 1 heterocycles. The molecule has 0 saturated carbocycles. The molecule has 0 amide bonds. The zero-order chi connectivity index (χ0) is 9.68. The summed E-state index contributed by atoms with van der Waals surface area (Å²) in [5.41, 5.74) is 0. The van der Waals surface area contributed by atoms with Crippen molar-refractivity contribution in [3.63, 3.8) is 0 Å². The van der Waals surface area contributed by atoms with Crippen molar-refractivity contribution in [1.82, 2.24) is 20.2 Å². The molecular formula is C7H14N4OS. The molecule has 6 heteroatoms. The third kappa shape index (κ3) is 3.73. The van der Waals surface area contributed by atoms with Crippen LogP contribution in [0.3, 0.4) is 0 Å². The third-order valence-electron chi connectivity index (χ3n) is 1.35. The summed E-state index contributed by atoms with van der Waals surface area (Å²) in [5, 5.41) is 11.9. The van der Waals surface area contributed by atoms with Gasteiger partial charge in [0, 0.05) is 12.8 Å². The van der Waals surface area contributed by atoms with Crippen molar-refractivity contribution in [2.45, 2.75) is 25.1 Å². The minimum atomic E-state index is 0.290. The first-order valence-electron chi connectivity index (χ1n) is 4.17. The summed E-state index contributed by atoms with van der Waals surface area (Å²) < 4.78 is 7.03. The highest BCUT2D eigenvalue weighted by molar-refractivity contribution is 7.99. The maximum absolute atomic E-state index is 5.38. The van der Waals surface area contributed by atoms with E-state index in [2.05, 4.69) is 15.5 Å². The number of rotatable bonds is 5. The quantitative estimate of drug-likeness (QED) is 0.520. The first kappa shape index (κ1) is 10.5. The molecule has 0 bridgehead atoms. The van der Waals surface area contributed by atoms with Crippen LogP contribution in [0.4, 0.5) is 0 Å². The summed E-state index contributed by atoms with van der Waals surface area (Å²) in [6, 6.07) is 0. The van der Waals surface area contributed by atoms with Gasteiger partial charge in [0.05, 0.1) is 12.7 Å². The van der Waals surface area contributed by atoms with Gasteiger partial charge in [-0.05, 0) is 24.3 Å². The SMILES string of the molecule is CC(C)OCCSc1nnnn1C. The normalized spacial score (nSPS) is 11.1. The number of aryl methyl sites for hydroxylation is 1. The second-order valence-electron chi connectivity index (χ2n) is 2.85. The van der Waals surface area contributed by atoms with Crippen LogP contribution in [0.2, 0.25) is 0 Å². The molecule has 1 aromatic rings. The number of tetrazole rings is 1. The lowest BCUT2D eigenvalue weighted by Gasteiger charge is -2.05. The van der Waals surface area contributed by atoms with Crippen molar-refractivity contribution in [3.05, 3.63) is 0 Å². The van der Waals surface area contributed by atoms with Gasteiger partial charge in [-0.15, -0.1) is 5.10 Å². The molecule has 0 saturated heterocycles. The Morgan fingerprint density at radius 1 is 1.54 bits per heavy atom. The van der Waals surface area contributed by atoms with Crippen LogP contribution in [0, 0.1) is 0 Å². The first-order chi connectivity index (χ1) is 6.20. The summed E-state index contributed by atoms with van der Waals surface area (Å²) >= 11 is 1.60. The number of thioether (sulfide) groups is 1. The number of nitrogens with zero attached hydrogens (tertiary/aromatic N) is 4. The van der Waals surface area contributed by atoms with E-state index in [4.69, 9.17) is 4.74 Å². The molecule has 1 rings (SSSR count). The fraction of sp³-hybridized carbons (Fsp3) is 0.857. The lowest BCUT2D eigenvalue weighted by atomic mass is 10.5. The van der Waals surface area contributed by atoms with Gasteiger partial charge >= 0.3 is 0 Å². The Bertz CT molecular complexity index is 250. The van der Waals surface area contributed by atoms with Gasteiger partial charge in [-0.3, -0.25) is 0 Å². The fourth-order valence-corrected chi connectivity index (χ4v) is 1.44. The van der Waals surface area contributed by atoms with Crippen LogP contribution < -0.4 is 0 Å². The molecule has 0 aromatic carbocycles. The van der Waals surface area contributed by atoms with E-state index in [9.17, 15) is 0 Å². The zero-order valence-electron chi connectivity index (χ0n) is 8.10. The molecule has 0 unspecified atom stereocenters. The number of ether oxygens (including phenoxy) is 1. The number of hydrogen-bond acceptors (Lipinski definition) is 5. The van der Waals surface area contributed by atoms with E-state index >= 15 is 0 Å². The molecule has 0 radical (unpaired) electrons. The highest BCUT2D eigenvalue weighted by Crippen LogP contribution is 2.11. The standard InChI is InChI=1S/C7H14N4OS/c1-6(2)12-4-5-13-7-8-9-10-11(7)3/h6H,4-5H2,1-3H3. The minimum Gasteiger partial charge on any atom is -0.378 e. The van der Waals surface area contributed by atoms with E-state index in [1.807, 2.05) is 20.9 Å². The second kappa shape index (κ2) is 5.18. The van der Waals surface area contributed by atoms with E-state index < -0.39 is 0 Å². The minimum absolute atomic E-state index is 0.290. The first-order valence-corrected chi connectivity index (χ1v) is 5.15. The van der Waals surface area contributed by atoms with Gasteiger partial charge in [-0.25, -0.2) is 4.68 Å². The largest absolute Gasteiger partial charge is 0.378 e. The van der Waals surface area contributed by atoms with Gasteiger partial charge < -0.3 is 4.74 Å². The Kier molecular flexibility index (Phi) is 4.17. The predicted octanol–water partition coefficient (Wildman–Crippen LogP) is 0.727. The van der Waals surface area contributed by atoms with Crippen molar-refractivity contribution >= 4 is 11.8 Å². The van der Waals surface area contributed by atoms with Crippen LogP contribution in [0.5, 0.6) is 0 Å². The van der Waals surface area contributed by atoms with Gasteiger partial charge in [0.15, 0.2) is 0 Å². The highest BCUT2D eigenvalue weighted by Gasteiger charge is 2.02. The van der Waals surface area contributed by atoms with Crippen LogP contribution in [-0.2, 0) is 11.8 Å². The Hall–Kier alpha value is -0.620. The lowest BCUT2D eigenvalue weighted by molar-refractivity contribution is 0.0920. The molecule has 5 nitrogen and oxygen atoms in total. The molecule has 74 valence electrons. The third-order valence-corrected chi connectivity index (χ3v) is 2.32. The topological polar surface area (TPSA) is 52.8 Å². The highest BCUT2D eigenvalue weighted by atomic mass is 32.2. The van der Waals surface area contributed by atoms with E-state index in [0.717, 1.165) is 17.5 Å². The molecule has 0 aliphatic rings. The molecule has 13 heavy (non-hydrogen) atoms. The summed E-state index contributed by atoms with van der Waals surface area (Å²) in [6.45, 7) is 4.78.